The van der Waals surface area contributed by atoms with E-state index in [0.29, 0.717) is 12.7 Å². The maximum absolute atomic E-state index is 6.02. The van der Waals surface area contributed by atoms with Crippen LogP contribution in [0.2, 0.25) is 0 Å². The van der Waals surface area contributed by atoms with Gasteiger partial charge >= 0.3 is 0 Å². The Morgan fingerprint density at radius 3 is 3.11 bits per heavy atom. The molecular weight excluding hydrogens is 238 g/mol. The van der Waals surface area contributed by atoms with Crippen LogP contribution in [0.1, 0.15) is 57.3 Å². The standard InChI is InChI=1S/C16H27NO2/c1-3-8-17-11-14-7-9-18-16(14)12-19-15-6-4-5-13(2)10-15/h7,9,13,15,17H,3-6,8,10-12H2,1-2H3. The molecule has 0 amide bonds. The van der Waals surface area contributed by atoms with E-state index in [0.717, 1.165) is 31.2 Å². The largest absolute Gasteiger partial charge is 0.467 e. The van der Waals surface area contributed by atoms with Crippen LogP contribution >= 0.6 is 0 Å². The highest BCUT2D eigenvalue weighted by molar-refractivity contribution is 5.16. The van der Waals surface area contributed by atoms with Crippen molar-refractivity contribution in [3.05, 3.63) is 23.7 Å². The van der Waals surface area contributed by atoms with E-state index in [-0.39, 0.29) is 0 Å². The zero-order valence-electron chi connectivity index (χ0n) is 12.3. The van der Waals surface area contributed by atoms with Crippen LogP contribution in [-0.2, 0) is 17.9 Å². The second kappa shape index (κ2) is 7.71. The molecule has 1 heterocycles. The summed E-state index contributed by atoms with van der Waals surface area (Å²) < 4.78 is 11.6. The van der Waals surface area contributed by atoms with E-state index in [1.54, 1.807) is 6.26 Å². The summed E-state index contributed by atoms with van der Waals surface area (Å²) >= 11 is 0. The monoisotopic (exact) mass is 265 g/mol. The molecule has 1 aromatic rings. The zero-order chi connectivity index (χ0) is 13.5. The van der Waals surface area contributed by atoms with E-state index in [9.17, 15) is 0 Å². The van der Waals surface area contributed by atoms with E-state index < -0.39 is 0 Å². The van der Waals surface area contributed by atoms with Crippen LogP contribution in [0.4, 0.5) is 0 Å². The van der Waals surface area contributed by atoms with Gasteiger partial charge in [-0.15, -0.1) is 0 Å². The lowest BCUT2D eigenvalue weighted by atomic mass is 9.89. The molecule has 1 N–H and O–H groups in total. The molecule has 19 heavy (non-hydrogen) atoms. The van der Waals surface area contributed by atoms with Gasteiger partial charge in [-0.3, -0.25) is 0 Å². The minimum absolute atomic E-state index is 0.422. The van der Waals surface area contributed by atoms with Crippen LogP contribution in [-0.4, -0.2) is 12.6 Å². The van der Waals surface area contributed by atoms with Crippen LogP contribution in [0.3, 0.4) is 0 Å². The second-order valence-electron chi connectivity index (χ2n) is 5.75. The van der Waals surface area contributed by atoms with Gasteiger partial charge in [0.2, 0.25) is 0 Å². The quantitative estimate of drug-likeness (QED) is 0.760. The van der Waals surface area contributed by atoms with Crippen molar-refractivity contribution in [3.63, 3.8) is 0 Å². The number of furan rings is 1. The third-order valence-electron chi connectivity index (χ3n) is 3.92. The normalized spacial score (nSPS) is 23.7. The lowest BCUT2D eigenvalue weighted by Crippen LogP contribution is -2.21. The molecule has 2 rings (SSSR count). The molecule has 1 aromatic heterocycles. The Balaban J connectivity index is 1.77. The van der Waals surface area contributed by atoms with Crippen LogP contribution in [0.15, 0.2) is 16.7 Å². The molecular formula is C16H27NO2. The lowest BCUT2D eigenvalue weighted by Gasteiger charge is -2.26. The third kappa shape index (κ3) is 4.66. The van der Waals surface area contributed by atoms with Gasteiger partial charge in [-0.05, 0) is 37.8 Å². The highest BCUT2D eigenvalue weighted by atomic mass is 16.5. The molecule has 0 spiro atoms. The van der Waals surface area contributed by atoms with Crippen LogP contribution < -0.4 is 5.32 Å². The molecule has 1 fully saturated rings. The van der Waals surface area contributed by atoms with Crippen LogP contribution in [0.5, 0.6) is 0 Å². The van der Waals surface area contributed by atoms with Crippen molar-refractivity contribution in [1.82, 2.24) is 5.32 Å². The summed E-state index contributed by atoms with van der Waals surface area (Å²) in [6, 6.07) is 2.05. The first-order chi connectivity index (χ1) is 9.29. The van der Waals surface area contributed by atoms with E-state index in [1.807, 2.05) is 6.07 Å². The molecule has 0 radical (unpaired) electrons. The van der Waals surface area contributed by atoms with Gasteiger partial charge in [0.05, 0.1) is 12.4 Å². The van der Waals surface area contributed by atoms with Gasteiger partial charge in [-0.25, -0.2) is 0 Å². The predicted molar refractivity (Wildman–Crippen MR) is 76.9 cm³/mol. The molecule has 1 aliphatic rings. The summed E-state index contributed by atoms with van der Waals surface area (Å²) in [5.74, 6) is 1.79. The van der Waals surface area contributed by atoms with Gasteiger partial charge in [0, 0.05) is 12.1 Å². The van der Waals surface area contributed by atoms with Gasteiger partial charge in [0.25, 0.3) is 0 Å². The summed E-state index contributed by atoms with van der Waals surface area (Å²) in [5, 5.41) is 3.41. The Bertz CT molecular complexity index is 361. The van der Waals surface area contributed by atoms with Crippen molar-refractivity contribution in [1.29, 1.82) is 0 Å². The average molecular weight is 265 g/mol. The van der Waals surface area contributed by atoms with Gasteiger partial charge in [0.1, 0.15) is 12.4 Å². The van der Waals surface area contributed by atoms with Crippen molar-refractivity contribution in [2.24, 2.45) is 5.92 Å². The fourth-order valence-corrected chi connectivity index (χ4v) is 2.77. The molecule has 0 aromatic carbocycles. The first-order valence-electron chi connectivity index (χ1n) is 7.67. The first-order valence-corrected chi connectivity index (χ1v) is 7.67. The van der Waals surface area contributed by atoms with E-state index in [2.05, 4.69) is 19.2 Å². The van der Waals surface area contributed by atoms with Crippen molar-refractivity contribution >= 4 is 0 Å². The third-order valence-corrected chi connectivity index (χ3v) is 3.92. The van der Waals surface area contributed by atoms with Gasteiger partial charge in [-0.1, -0.05) is 26.7 Å². The van der Waals surface area contributed by atoms with Gasteiger partial charge in [-0.2, -0.15) is 0 Å². The molecule has 1 saturated carbocycles. The molecule has 0 aliphatic heterocycles. The summed E-state index contributed by atoms with van der Waals surface area (Å²) in [4.78, 5) is 0. The SMILES string of the molecule is CCCNCc1ccoc1COC1CCCC(C)C1. The Hall–Kier alpha value is -0.800. The minimum Gasteiger partial charge on any atom is -0.467 e. The van der Waals surface area contributed by atoms with E-state index >= 15 is 0 Å². The van der Waals surface area contributed by atoms with E-state index in [4.69, 9.17) is 9.15 Å². The molecule has 0 bridgehead atoms. The molecule has 1 aliphatic carbocycles. The second-order valence-corrected chi connectivity index (χ2v) is 5.75. The fraction of sp³-hybridized carbons (Fsp3) is 0.750. The summed E-state index contributed by atoms with van der Waals surface area (Å²) in [7, 11) is 0. The molecule has 108 valence electrons. The first kappa shape index (κ1) is 14.6. The summed E-state index contributed by atoms with van der Waals surface area (Å²) in [6.45, 7) is 7.04. The summed E-state index contributed by atoms with van der Waals surface area (Å²) in [6.07, 6.45) is 8.40. The Kier molecular flexibility index (Phi) is 5.93. The van der Waals surface area contributed by atoms with E-state index in [1.165, 1.54) is 31.2 Å². The maximum Gasteiger partial charge on any atom is 0.133 e. The Morgan fingerprint density at radius 2 is 2.32 bits per heavy atom. The van der Waals surface area contributed by atoms with Gasteiger partial charge in [0.15, 0.2) is 0 Å². The number of hydrogen-bond acceptors (Lipinski definition) is 3. The topological polar surface area (TPSA) is 34.4 Å². The summed E-state index contributed by atoms with van der Waals surface area (Å²) in [5.41, 5.74) is 1.23. The lowest BCUT2D eigenvalue weighted by molar-refractivity contribution is -0.00305. The predicted octanol–water partition coefficient (Wildman–Crippen LogP) is 3.87. The average Bonchev–Trinajstić information content (AvgIpc) is 2.84. The fourth-order valence-electron chi connectivity index (χ4n) is 2.77. The minimum atomic E-state index is 0.422. The highest BCUT2D eigenvalue weighted by Crippen LogP contribution is 2.26. The van der Waals surface area contributed by atoms with Gasteiger partial charge < -0.3 is 14.5 Å². The van der Waals surface area contributed by atoms with Crippen LogP contribution in [0, 0.1) is 5.92 Å². The van der Waals surface area contributed by atoms with Crippen molar-refractivity contribution in [2.45, 2.75) is 65.2 Å². The number of nitrogens with one attached hydrogen (secondary N) is 1. The van der Waals surface area contributed by atoms with Crippen molar-refractivity contribution in [3.8, 4) is 0 Å². The van der Waals surface area contributed by atoms with Crippen molar-refractivity contribution < 1.29 is 9.15 Å². The number of rotatable bonds is 7. The highest BCUT2D eigenvalue weighted by Gasteiger charge is 2.20. The molecule has 3 nitrogen and oxygen atoms in total. The zero-order valence-corrected chi connectivity index (χ0v) is 12.3. The Morgan fingerprint density at radius 1 is 1.42 bits per heavy atom. The molecule has 2 unspecified atom stereocenters. The number of ether oxygens (including phenoxy) is 1. The molecule has 0 saturated heterocycles. The molecule has 2 atom stereocenters. The van der Waals surface area contributed by atoms with Crippen molar-refractivity contribution in [2.75, 3.05) is 6.54 Å². The molecule has 3 heteroatoms. The Labute approximate surface area is 116 Å². The maximum atomic E-state index is 6.02. The van der Waals surface area contributed by atoms with Crippen LogP contribution in [0.25, 0.3) is 0 Å². The number of hydrogen-bond donors (Lipinski definition) is 1. The smallest absolute Gasteiger partial charge is 0.133 e.